The smallest absolute Gasteiger partial charge is 0.127 e. The van der Waals surface area contributed by atoms with Gasteiger partial charge < -0.3 is 19.7 Å². The van der Waals surface area contributed by atoms with Gasteiger partial charge in [0.25, 0.3) is 0 Å². The first-order valence-corrected chi connectivity index (χ1v) is 6.15. The molecule has 3 aromatic carbocycles. The number of hydrogen-bond acceptors (Lipinski definition) is 4. The van der Waals surface area contributed by atoms with E-state index in [1.807, 2.05) is 0 Å². The van der Waals surface area contributed by atoms with Crippen LogP contribution in [-0.4, -0.2) is 24.4 Å². The monoisotopic (exact) mass is 270 g/mol. The molecule has 0 fully saturated rings. The highest BCUT2D eigenvalue weighted by Gasteiger charge is 2.14. The van der Waals surface area contributed by atoms with E-state index in [-0.39, 0.29) is 11.5 Å². The summed E-state index contributed by atoms with van der Waals surface area (Å²) in [6.07, 6.45) is 0. The van der Waals surface area contributed by atoms with E-state index < -0.39 is 0 Å². The molecule has 0 spiro atoms. The number of fused-ring (bicyclic) bond motifs is 3. The highest BCUT2D eigenvalue weighted by atomic mass is 16.5. The minimum Gasteiger partial charge on any atom is -0.507 e. The maximum Gasteiger partial charge on any atom is 0.127 e. The summed E-state index contributed by atoms with van der Waals surface area (Å²) in [6, 6.07) is 10.3. The molecule has 0 aliphatic rings. The molecule has 0 unspecified atom stereocenters. The third-order valence-electron chi connectivity index (χ3n) is 3.42. The number of phenols is 2. The van der Waals surface area contributed by atoms with Crippen molar-refractivity contribution in [2.24, 2.45) is 0 Å². The van der Waals surface area contributed by atoms with Crippen LogP contribution in [0.5, 0.6) is 23.0 Å². The molecule has 4 nitrogen and oxygen atoms in total. The standard InChI is InChI=1S/C16H14O4/c1-19-10-6-9-7-12(17)11-4-3-5-14(20-2)16(11)15(9)13(18)8-10/h3-8,17-18H,1-2H3. The Bertz CT molecular complexity index is 809. The van der Waals surface area contributed by atoms with Crippen molar-refractivity contribution in [1.29, 1.82) is 0 Å². The summed E-state index contributed by atoms with van der Waals surface area (Å²) in [6.45, 7) is 0. The maximum absolute atomic E-state index is 10.3. The van der Waals surface area contributed by atoms with Gasteiger partial charge in [0.1, 0.15) is 23.0 Å². The van der Waals surface area contributed by atoms with E-state index in [2.05, 4.69) is 0 Å². The molecular formula is C16H14O4. The molecule has 2 N–H and O–H groups in total. The molecule has 0 aromatic heterocycles. The largest absolute Gasteiger partial charge is 0.507 e. The Morgan fingerprint density at radius 2 is 1.65 bits per heavy atom. The van der Waals surface area contributed by atoms with Crippen LogP contribution in [-0.2, 0) is 0 Å². The predicted molar refractivity (Wildman–Crippen MR) is 77.9 cm³/mol. The van der Waals surface area contributed by atoms with E-state index in [1.165, 1.54) is 7.11 Å². The van der Waals surface area contributed by atoms with Gasteiger partial charge in [-0.05, 0) is 23.6 Å². The first-order valence-electron chi connectivity index (χ1n) is 6.15. The van der Waals surface area contributed by atoms with Crippen molar-refractivity contribution in [3.05, 3.63) is 36.4 Å². The van der Waals surface area contributed by atoms with Crippen LogP contribution in [0.4, 0.5) is 0 Å². The van der Waals surface area contributed by atoms with Crippen LogP contribution in [0.1, 0.15) is 0 Å². The van der Waals surface area contributed by atoms with Gasteiger partial charge in [-0.1, -0.05) is 12.1 Å². The highest BCUT2D eigenvalue weighted by Crippen LogP contribution is 2.43. The van der Waals surface area contributed by atoms with Crippen molar-refractivity contribution in [1.82, 2.24) is 0 Å². The lowest BCUT2D eigenvalue weighted by atomic mass is 9.99. The molecule has 102 valence electrons. The highest BCUT2D eigenvalue weighted by molar-refractivity contribution is 6.15. The zero-order valence-electron chi connectivity index (χ0n) is 11.2. The molecule has 3 aromatic rings. The minimum absolute atomic E-state index is 0.0915. The molecule has 0 radical (unpaired) electrons. The minimum atomic E-state index is 0.0915. The number of benzene rings is 3. The molecule has 0 amide bonds. The normalized spacial score (nSPS) is 10.9. The first-order chi connectivity index (χ1) is 9.65. The summed E-state index contributed by atoms with van der Waals surface area (Å²) in [5, 5.41) is 23.1. The third-order valence-corrected chi connectivity index (χ3v) is 3.42. The van der Waals surface area contributed by atoms with Crippen LogP contribution in [0.25, 0.3) is 21.5 Å². The number of methoxy groups -OCH3 is 2. The number of hydrogen-bond donors (Lipinski definition) is 2. The van der Waals surface area contributed by atoms with Crippen LogP contribution >= 0.6 is 0 Å². The lowest BCUT2D eigenvalue weighted by Crippen LogP contribution is -1.89. The number of aromatic hydroxyl groups is 2. The topological polar surface area (TPSA) is 58.9 Å². The Hall–Kier alpha value is -2.62. The number of ether oxygens (including phenoxy) is 2. The third kappa shape index (κ3) is 1.69. The zero-order chi connectivity index (χ0) is 14.3. The quantitative estimate of drug-likeness (QED) is 0.700. The Morgan fingerprint density at radius 1 is 0.850 bits per heavy atom. The second-order valence-electron chi connectivity index (χ2n) is 4.52. The van der Waals surface area contributed by atoms with Crippen molar-refractivity contribution >= 4 is 21.5 Å². The summed E-state index contributed by atoms with van der Waals surface area (Å²) in [5.41, 5.74) is 0. The van der Waals surface area contributed by atoms with E-state index in [4.69, 9.17) is 9.47 Å². The van der Waals surface area contributed by atoms with Gasteiger partial charge in [0, 0.05) is 22.2 Å². The lowest BCUT2D eigenvalue weighted by Gasteiger charge is -2.12. The second kappa shape index (κ2) is 4.49. The summed E-state index contributed by atoms with van der Waals surface area (Å²) in [7, 11) is 3.09. The van der Waals surface area contributed by atoms with Crippen LogP contribution in [0.3, 0.4) is 0 Å². The van der Waals surface area contributed by atoms with E-state index in [9.17, 15) is 10.2 Å². The van der Waals surface area contributed by atoms with Crippen molar-refractivity contribution in [2.45, 2.75) is 0 Å². The summed E-state index contributed by atoms with van der Waals surface area (Å²) < 4.78 is 10.5. The Morgan fingerprint density at radius 3 is 2.35 bits per heavy atom. The Kier molecular flexibility index (Phi) is 2.79. The molecule has 0 saturated heterocycles. The summed E-state index contributed by atoms with van der Waals surface area (Å²) in [5.74, 6) is 1.36. The van der Waals surface area contributed by atoms with Gasteiger partial charge in [-0.15, -0.1) is 0 Å². The molecular weight excluding hydrogens is 256 g/mol. The van der Waals surface area contributed by atoms with E-state index >= 15 is 0 Å². The van der Waals surface area contributed by atoms with Crippen LogP contribution in [0.15, 0.2) is 36.4 Å². The Balaban J connectivity index is 2.57. The van der Waals surface area contributed by atoms with Crippen LogP contribution < -0.4 is 9.47 Å². The molecule has 0 heterocycles. The van der Waals surface area contributed by atoms with Crippen molar-refractivity contribution in [3.8, 4) is 23.0 Å². The van der Waals surface area contributed by atoms with E-state index in [0.29, 0.717) is 33.0 Å². The van der Waals surface area contributed by atoms with Crippen molar-refractivity contribution in [2.75, 3.05) is 14.2 Å². The molecule has 20 heavy (non-hydrogen) atoms. The second-order valence-corrected chi connectivity index (χ2v) is 4.52. The molecule has 4 heteroatoms. The average Bonchev–Trinajstić information content (AvgIpc) is 2.46. The molecule has 0 bridgehead atoms. The summed E-state index contributed by atoms with van der Waals surface area (Å²) in [4.78, 5) is 0. The zero-order valence-corrected chi connectivity index (χ0v) is 11.2. The van der Waals surface area contributed by atoms with Gasteiger partial charge >= 0.3 is 0 Å². The fourth-order valence-corrected chi connectivity index (χ4v) is 2.52. The number of rotatable bonds is 2. The van der Waals surface area contributed by atoms with E-state index in [1.54, 1.807) is 43.5 Å². The Labute approximate surface area is 115 Å². The maximum atomic E-state index is 10.3. The molecule has 0 atom stereocenters. The van der Waals surface area contributed by atoms with Gasteiger partial charge in [0.15, 0.2) is 0 Å². The summed E-state index contributed by atoms with van der Waals surface area (Å²) >= 11 is 0. The van der Waals surface area contributed by atoms with Crippen LogP contribution in [0.2, 0.25) is 0 Å². The van der Waals surface area contributed by atoms with Gasteiger partial charge in [0.2, 0.25) is 0 Å². The van der Waals surface area contributed by atoms with Crippen molar-refractivity contribution in [3.63, 3.8) is 0 Å². The fraction of sp³-hybridized carbons (Fsp3) is 0.125. The SMILES string of the molecule is COc1cc(O)c2c(c1)cc(O)c1cccc(OC)c12. The average molecular weight is 270 g/mol. The molecule has 0 aliphatic carbocycles. The van der Waals surface area contributed by atoms with Gasteiger partial charge in [-0.25, -0.2) is 0 Å². The first kappa shape index (κ1) is 12.4. The van der Waals surface area contributed by atoms with Crippen molar-refractivity contribution < 1.29 is 19.7 Å². The van der Waals surface area contributed by atoms with Gasteiger partial charge in [-0.3, -0.25) is 0 Å². The van der Waals surface area contributed by atoms with E-state index in [0.717, 1.165) is 0 Å². The molecule has 0 aliphatic heterocycles. The fourth-order valence-electron chi connectivity index (χ4n) is 2.52. The van der Waals surface area contributed by atoms with Gasteiger partial charge in [0.05, 0.1) is 14.2 Å². The lowest BCUT2D eigenvalue weighted by molar-refractivity contribution is 0.409. The molecule has 3 rings (SSSR count). The van der Waals surface area contributed by atoms with Gasteiger partial charge in [-0.2, -0.15) is 0 Å². The van der Waals surface area contributed by atoms with Crippen LogP contribution in [0, 0.1) is 0 Å². The predicted octanol–water partition coefficient (Wildman–Crippen LogP) is 3.42. The molecule has 0 saturated carbocycles. The number of phenolic OH excluding ortho intramolecular Hbond substituents is 2.